The molecule has 0 aromatic heterocycles. The Morgan fingerprint density at radius 1 is 0.900 bits per heavy atom. The summed E-state index contributed by atoms with van der Waals surface area (Å²) in [5, 5.41) is 6.24. The molecule has 0 saturated heterocycles. The van der Waals surface area contributed by atoms with Gasteiger partial charge >= 0.3 is 0 Å². The van der Waals surface area contributed by atoms with Gasteiger partial charge in [0.1, 0.15) is 5.75 Å². The van der Waals surface area contributed by atoms with Gasteiger partial charge in [0.05, 0.1) is 0 Å². The predicted octanol–water partition coefficient (Wildman–Crippen LogP) is 6.15. The van der Waals surface area contributed by atoms with Crippen molar-refractivity contribution in [3.63, 3.8) is 0 Å². The summed E-state index contributed by atoms with van der Waals surface area (Å²) >= 11 is 9.23. The quantitative estimate of drug-likeness (QED) is 0.438. The average molecular weight is 488 g/mol. The summed E-state index contributed by atoms with van der Waals surface area (Å²) in [6, 6.07) is 20.8. The molecule has 3 aromatic carbocycles. The third-order valence-corrected chi connectivity index (χ3v) is 4.97. The molecule has 0 heterocycles. The molecule has 0 aliphatic rings. The fraction of sp³-hybridized carbons (Fsp3) is 0.130. The molecule has 0 bridgehead atoms. The van der Waals surface area contributed by atoms with Gasteiger partial charge in [0, 0.05) is 26.4 Å². The van der Waals surface area contributed by atoms with Crippen molar-refractivity contribution < 1.29 is 14.3 Å². The van der Waals surface area contributed by atoms with E-state index in [4.69, 9.17) is 16.3 Å². The molecule has 0 spiro atoms. The first-order valence-corrected chi connectivity index (χ1v) is 10.3. The fourth-order valence-corrected chi connectivity index (χ4v) is 3.12. The van der Waals surface area contributed by atoms with Crippen molar-refractivity contribution >= 4 is 50.7 Å². The number of hydrogen-bond acceptors (Lipinski definition) is 3. The van der Waals surface area contributed by atoms with E-state index in [2.05, 4.69) is 26.6 Å². The lowest BCUT2D eigenvalue weighted by Gasteiger charge is -2.25. The van der Waals surface area contributed by atoms with Gasteiger partial charge in [0.25, 0.3) is 11.8 Å². The standard InChI is InChI=1S/C23H20BrClN2O3/c1-23(2,30-20-12-6-17(25)7-13-20)22(29)27-19-10-8-18(9-11-19)26-21(28)15-4-3-5-16(24)14-15/h3-14H,1-2H3,(H,26,28)(H,27,29). The second kappa shape index (κ2) is 9.32. The molecular formula is C23H20BrClN2O3. The third-order valence-electron chi connectivity index (χ3n) is 4.22. The van der Waals surface area contributed by atoms with Gasteiger partial charge in [-0.2, -0.15) is 0 Å². The zero-order valence-electron chi connectivity index (χ0n) is 16.4. The van der Waals surface area contributed by atoms with Crippen LogP contribution in [0.15, 0.2) is 77.3 Å². The molecule has 0 atom stereocenters. The summed E-state index contributed by atoms with van der Waals surface area (Å²) in [4.78, 5) is 25.0. The molecule has 0 aliphatic heterocycles. The van der Waals surface area contributed by atoms with Crippen molar-refractivity contribution in [2.24, 2.45) is 0 Å². The Kier molecular flexibility index (Phi) is 6.80. The number of ether oxygens (including phenoxy) is 1. The summed E-state index contributed by atoms with van der Waals surface area (Å²) in [5.74, 6) is 0.0270. The Balaban J connectivity index is 1.61. The van der Waals surface area contributed by atoms with Gasteiger partial charge in [-0.1, -0.05) is 33.6 Å². The summed E-state index contributed by atoms with van der Waals surface area (Å²) in [6.45, 7) is 3.37. The molecule has 0 saturated carbocycles. The van der Waals surface area contributed by atoms with Crippen LogP contribution in [0.1, 0.15) is 24.2 Å². The number of halogens is 2. The number of rotatable bonds is 6. The van der Waals surface area contributed by atoms with Gasteiger partial charge in [-0.3, -0.25) is 9.59 Å². The predicted molar refractivity (Wildman–Crippen MR) is 123 cm³/mol. The molecular weight excluding hydrogens is 468 g/mol. The molecule has 0 aliphatic carbocycles. The minimum atomic E-state index is -1.10. The van der Waals surface area contributed by atoms with Crippen molar-refractivity contribution in [2.45, 2.75) is 19.4 Å². The Bertz CT molecular complexity index is 1050. The monoisotopic (exact) mass is 486 g/mol. The van der Waals surface area contributed by atoms with Crippen LogP contribution in [0.5, 0.6) is 5.75 Å². The zero-order chi connectivity index (χ0) is 21.7. The van der Waals surface area contributed by atoms with E-state index >= 15 is 0 Å². The van der Waals surface area contributed by atoms with Gasteiger partial charge in [-0.15, -0.1) is 0 Å². The highest BCUT2D eigenvalue weighted by molar-refractivity contribution is 9.10. The maximum absolute atomic E-state index is 12.6. The van der Waals surface area contributed by atoms with Crippen molar-refractivity contribution in [3.8, 4) is 5.75 Å². The minimum absolute atomic E-state index is 0.217. The summed E-state index contributed by atoms with van der Waals surface area (Å²) < 4.78 is 6.62. The van der Waals surface area contributed by atoms with Gasteiger partial charge in [0.2, 0.25) is 0 Å². The van der Waals surface area contributed by atoms with Gasteiger partial charge in [0.15, 0.2) is 5.60 Å². The Morgan fingerprint density at radius 3 is 2.10 bits per heavy atom. The largest absolute Gasteiger partial charge is 0.478 e. The minimum Gasteiger partial charge on any atom is -0.478 e. The van der Waals surface area contributed by atoms with E-state index in [0.29, 0.717) is 27.7 Å². The molecule has 5 nitrogen and oxygen atoms in total. The highest BCUT2D eigenvalue weighted by Gasteiger charge is 2.30. The Labute approximate surface area is 188 Å². The van der Waals surface area contributed by atoms with Crippen molar-refractivity contribution in [1.82, 2.24) is 0 Å². The van der Waals surface area contributed by atoms with E-state index in [1.54, 1.807) is 80.6 Å². The number of amides is 2. The average Bonchev–Trinajstić information content (AvgIpc) is 2.71. The molecule has 0 fully saturated rings. The Morgan fingerprint density at radius 2 is 1.50 bits per heavy atom. The van der Waals surface area contributed by atoms with E-state index in [1.807, 2.05) is 6.07 Å². The molecule has 2 N–H and O–H groups in total. The van der Waals surface area contributed by atoms with Crippen LogP contribution in [0.25, 0.3) is 0 Å². The zero-order valence-corrected chi connectivity index (χ0v) is 18.8. The van der Waals surface area contributed by atoms with Crippen LogP contribution in [0.4, 0.5) is 11.4 Å². The molecule has 0 radical (unpaired) electrons. The lowest BCUT2D eigenvalue weighted by Crippen LogP contribution is -2.42. The lowest BCUT2D eigenvalue weighted by atomic mass is 10.1. The maximum Gasteiger partial charge on any atom is 0.267 e. The van der Waals surface area contributed by atoms with E-state index in [9.17, 15) is 9.59 Å². The molecule has 3 aromatic rings. The first kappa shape index (κ1) is 21.9. The Hall–Kier alpha value is -2.83. The number of carbonyl (C=O) groups is 2. The SMILES string of the molecule is CC(C)(Oc1ccc(Cl)cc1)C(=O)Nc1ccc(NC(=O)c2cccc(Br)c2)cc1. The van der Waals surface area contributed by atoms with Crippen LogP contribution in [0.2, 0.25) is 5.02 Å². The summed E-state index contributed by atoms with van der Waals surface area (Å²) in [7, 11) is 0. The lowest BCUT2D eigenvalue weighted by molar-refractivity contribution is -0.128. The van der Waals surface area contributed by atoms with Gasteiger partial charge < -0.3 is 15.4 Å². The topological polar surface area (TPSA) is 67.4 Å². The molecule has 7 heteroatoms. The fourth-order valence-electron chi connectivity index (χ4n) is 2.60. The maximum atomic E-state index is 12.6. The van der Waals surface area contributed by atoms with Crippen molar-refractivity contribution in [3.05, 3.63) is 87.9 Å². The first-order chi connectivity index (χ1) is 14.2. The van der Waals surface area contributed by atoms with Crippen LogP contribution in [-0.4, -0.2) is 17.4 Å². The highest BCUT2D eigenvalue weighted by Crippen LogP contribution is 2.23. The second-order valence-electron chi connectivity index (χ2n) is 7.06. The van der Waals surface area contributed by atoms with Gasteiger partial charge in [-0.05, 0) is 80.6 Å². The number of nitrogens with one attached hydrogen (secondary N) is 2. The van der Waals surface area contributed by atoms with E-state index in [0.717, 1.165) is 4.47 Å². The number of hydrogen-bond donors (Lipinski definition) is 2. The molecule has 2 amide bonds. The normalized spacial score (nSPS) is 10.9. The molecule has 30 heavy (non-hydrogen) atoms. The van der Waals surface area contributed by atoms with Crippen LogP contribution in [-0.2, 0) is 4.79 Å². The number of benzene rings is 3. The van der Waals surface area contributed by atoms with Gasteiger partial charge in [-0.25, -0.2) is 0 Å². The molecule has 0 unspecified atom stereocenters. The van der Waals surface area contributed by atoms with Crippen LogP contribution in [0.3, 0.4) is 0 Å². The van der Waals surface area contributed by atoms with Crippen LogP contribution in [0, 0.1) is 0 Å². The van der Waals surface area contributed by atoms with E-state index in [1.165, 1.54) is 0 Å². The first-order valence-electron chi connectivity index (χ1n) is 9.16. The molecule has 154 valence electrons. The van der Waals surface area contributed by atoms with Crippen LogP contribution < -0.4 is 15.4 Å². The van der Waals surface area contributed by atoms with E-state index in [-0.39, 0.29) is 11.8 Å². The van der Waals surface area contributed by atoms with Crippen LogP contribution >= 0.6 is 27.5 Å². The number of carbonyl (C=O) groups excluding carboxylic acids is 2. The number of anilines is 2. The second-order valence-corrected chi connectivity index (χ2v) is 8.41. The van der Waals surface area contributed by atoms with Crippen molar-refractivity contribution in [2.75, 3.05) is 10.6 Å². The highest BCUT2D eigenvalue weighted by atomic mass is 79.9. The summed E-state index contributed by atoms with van der Waals surface area (Å²) in [5.41, 5.74) is 0.659. The molecule has 3 rings (SSSR count). The summed E-state index contributed by atoms with van der Waals surface area (Å²) in [6.07, 6.45) is 0. The van der Waals surface area contributed by atoms with E-state index < -0.39 is 5.60 Å². The smallest absolute Gasteiger partial charge is 0.267 e. The van der Waals surface area contributed by atoms with Crippen molar-refractivity contribution in [1.29, 1.82) is 0 Å². The third kappa shape index (κ3) is 5.84.